The zero-order valence-corrected chi connectivity index (χ0v) is 17.5. The van der Waals surface area contributed by atoms with E-state index in [2.05, 4.69) is 65.8 Å². The van der Waals surface area contributed by atoms with Crippen LogP contribution in [0, 0.1) is 6.92 Å². The Morgan fingerprint density at radius 2 is 1.52 bits per heavy atom. The topological polar surface area (TPSA) is 40.5 Å². The average Bonchev–Trinajstić information content (AvgIpc) is 2.48. The molecule has 0 aromatic heterocycles. The molecule has 0 saturated heterocycles. The van der Waals surface area contributed by atoms with Crippen LogP contribution in [0.1, 0.15) is 63.8 Å². The molecule has 2 N–H and O–H groups in total. The molecule has 0 aliphatic rings. The van der Waals surface area contributed by atoms with Gasteiger partial charge in [0.25, 0.3) is 0 Å². The lowest BCUT2D eigenvalue weighted by molar-refractivity contribution is 0.283. The molecule has 0 fully saturated rings. The van der Waals surface area contributed by atoms with Gasteiger partial charge in [0.1, 0.15) is 5.75 Å². The molecule has 2 aromatic carbocycles. The van der Waals surface area contributed by atoms with E-state index in [1.165, 1.54) is 5.56 Å². The highest BCUT2D eigenvalue weighted by molar-refractivity contribution is 7.55. The van der Waals surface area contributed by atoms with Gasteiger partial charge in [-0.15, -0.1) is 0 Å². The fraction of sp³-hybridized carbons (Fsp3) is 0.455. The van der Waals surface area contributed by atoms with E-state index in [1.807, 2.05) is 13.0 Å². The van der Waals surface area contributed by atoms with Crippen molar-refractivity contribution in [2.24, 2.45) is 0 Å². The number of aromatic hydroxyl groups is 1. The maximum Gasteiger partial charge on any atom is 0.127 e. The van der Waals surface area contributed by atoms with E-state index in [4.69, 9.17) is 0 Å². The number of hydrogen-bond donors (Lipinski definition) is 2. The van der Waals surface area contributed by atoms with Crippen LogP contribution >= 0.6 is 8.58 Å². The van der Waals surface area contributed by atoms with Crippen LogP contribution in [0.25, 0.3) is 0 Å². The van der Waals surface area contributed by atoms with Crippen LogP contribution < -0.4 is 10.6 Å². The minimum Gasteiger partial charge on any atom is -0.507 e. The maximum absolute atomic E-state index is 10.9. The highest BCUT2D eigenvalue weighted by atomic mass is 31.1. The SMILES string of the molecule is Cc1ccc(Pc2cc(C(C)(C)C)cc(C(C)(C)C)c2O)c(CO)c1. The van der Waals surface area contributed by atoms with Gasteiger partial charge in [0, 0.05) is 10.9 Å². The monoisotopic (exact) mass is 358 g/mol. The Morgan fingerprint density at radius 1 is 0.880 bits per heavy atom. The summed E-state index contributed by atoms with van der Waals surface area (Å²) in [6.07, 6.45) is 0. The predicted octanol–water partition coefficient (Wildman–Crippen LogP) is 4.42. The standard InChI is InChI=1S/C22H31O2P/c1-14-8-9-18(15(10-14)13-23)25-19-12-16(21(2,3)4)11-17(20(19)24)22(5,6)7/h8-12,23-25H,13H2,1-7H3. The van der Waals surface area contributed by atoms with Gasteiger partial charge in [-0.1, -0.05) is 80.0 Å². The third-order valence-corrected chi connectivity index (χ3v) is 5.89. The second-order valence-electron chi connectivity index (χ2n) is 8.86. The minimum atomic E-state index is -0.127. The lowest BCUT2D eigenvalue weighted by Crippen LogP contribution is -2.21. The second kappa shape index (κ2) is 7.09. The number of aliphatic hydroxyl groups excluding tert-OH is 1. The lowest BCUT2D eigenvalue weighted by Gasteiger charge is -2.27. The van der Waals surface area contributed by atoms with Crippen LogP contribution in [0.15, 0.2) is 30.3 Å². The number of aryl methyl sites for hydroxylation is 1. The van der Waals surface area contributed by atoms with Crippen molar-refractivity contribution in [2.45, 2.75) is 65.9 Å². The first-order valence-corrected chi connectivity index (χ1v) is 9.79. The number of rotatable bonds is 3. The molecule has 1 unspecified atom stereocenters. The Bertz CT molecular complexity index is 765. The number of aliphatic hydroxyl groups is 1. The first kappa shape index (κ1) is 19.9. The first-order chi connectivity index (χ1) is 11.4. The van der Waals surface area contributed by atoms with Crippen molar-refractivity contribution in [3.63, 3.8) is 0 Å². The van der Waals surface area contributed by atoms with Gasteiger partial charge in [0.05, 0.1) is 6.61 Å². The van der Waals surface area contributed by atoms with Gasteiger partial charge in [-0.3, -0.25) is 0 Å². The Hall–Kier alpha value is -1.37. The predicted molar refractivity (Wildman–Crippen MR) is 110 cm³/mol. The second-order valence-corrected chi connectivity index (χ2v) is 10.2. The molecule has 1 atom stereocenters. The minimum absolute atomic E-state index is 0.0139. The summed E-state index contributed by atoms with van der Waals surface area (Å²) in [6, 6.07) is 10.4. The van der Waals surface area contributed by atoms with E-state index in [1.54, 1.807) is 0 Å². The molecular formula is C22H31O2P. The molecule has 2 aromatic rings. The molecule has 0 aliphatic heterocycles. The maximum atomic E-state index is 10.9. The molecule has 0 heterocycles. The average molecular weight is 358 g/mol. The third-order valence-electron chi connectivity index (χ3n) is 4.48. The van der Waals surface area contributed by atoms with Gasteiger partial charge in [-0.05, 0) is 40.3 Å². The lowest BCUT2D eigenvalue weighted by atomic mass is 9.80. The van der Waals surface area contributed by atoms with Crippen molar-refractivity contribution in [3.8, 4) is 5.75 Å². The van der Waals surface area contributed by atoms with E-state index < -0.39 is 0 Å². The zero-order chi connectivity index (χ0) is 19.0. The van der Waals surface area contributed by atoms with Crippen molar-refractivity contribution < 1.29 is 10.2 Å². The third kappa shape index (κ3) is 4.63. The molecule has 0 amide bonds. The smallest absolute Gasteiger partial charge is 0.127 e. The highest BCUT2D eigenvalue weighted by Crippen LogP contribution is 2.36. The fourth-order valence-electron chi connectivity index (χ4n) is 2.85. The summed E-state index contributed by atoms with van der Waals surface area (Å²) in [4.78, 5) is 0. The summed E-state index contributed by atoms with van der Waals surface area (Å²) >= 11 is 0. The largest absolute Gasteiger partial charge is 0.507 e. The van der Waals surface area contributed by atoms with E-state index >= 15 is 0 Å². The fourth-order valence-corrected chi connectivity index (χ4v) is 4.10. The summed E-state index contributed by atoms with van der Waals surface area (Å²) in [6.45, 7) is 15.0. The Labute approximate surface area is 154 Å². The van der Waals surface area contributed by atoms with Gasteiger partial charge in [0.2, 0.25) is 0 Å². The van der Waals surface area contributed by atoms with Gasteiger partial charge in [-0.25, -0.2) is 0 Å². The number of hydrogen-bond acceptors (Lipinski definition) is 2. The molecule has 0 aliphatic carbocycles. The van der Waals surface area contributed by atoms with Gasteiger partial charge < -0.3 is 10.2 Å². The van der Waals surface area contributed by atoms with Crippen molar-refractivity contribution in [2.75, 3.05) is 0 Å². The number of phenols is 1. The molecule has 0 saturated carbocycles. The Morgan fingerprint density at radius 3 is 2.04 bits per heavy atom. The van der Waals surface area contributed by atoms with Crippen LogP contribution in [0.2, 0.25) is 0 Å². The van der Waals surface area contributed by atoms with E-state index in [-0.39, 0.29) is 17.4 Å². The van der Waals surface area contributed by atoms with Crippen molar-refractivity contribution >= 4 is 19.2 Å². The van der Waals surface area contributed by atoms with Crippen LogP contribution in [0.3, 0.4) is 0 Å². The van der Waals surface area contributed by atoms with E-state index in [0.29, 0.717) is 14.3 Å². The van der Waals surface area contributed by atoms with Crippen molar-refractivity contribution in [1.82, 2.24) is 0 Å². The summed E-state index contributed by atoms with van der Waals surface area (Å²) in [5.74, 6) is 0.392. The zero-order valence-electron chi connectivity index (χ0n) is 16.5. The molecule has 0 radical (unpaired) electrons. The van der Waals surface area contributed by atoms with E-state index in [0.717, 1.165) is 27.3 Å². The van der Waals surface area contributed by atoms with Gasteiger partial charge >= 0.3 is 0 Å². The summed E-state index contributed by atoms with van der Waals surface area (Å²) in [5.41, 5.74) is 4.19. The molecule has 2 rings (SSSR count). The van der Waals surface area contributed by atoms with Crippen LogP contribution in [0.4, 0.5) is 0 Å². The molecule has 0 spiro atoms. The summed E-state index contributed by atoms with van der Waals surface area (Å²) in [5, 5.41) is 22.7. The van der Waals surface area contributed by atoms with Crippen LogP contribution in [-0.4, -0.2) is 10.2 Å². The van der Waals surface area contributed by atoms with Crippen molar-refractivity contribution in [1.29, 1.82) is 0 Å². The van der Waals surface area contributed by atoms with E-state index in [9.17, 15) is 10.2 Å². The van der Waals surface area contributed by atoms with Gasteiger partial charge in [0.15, 0.2) is 0 Å². The molecule has 0 bridgehead atoms. The molecule has 136 valence electrons. The highest BCUT2D eigenvalue weighted by Gasteiger charge is 2.25. The van der Waals surface area contributed by atoms with Crippen molar-refractivity contribution in [3.05, 3.63) is 52.6 Å². The molecule has 3 heteroatoms. The molecule has 2 nitrogen and oxygen atoms in total. The number of benzene rings is 2. The number of phenolic OH excluding ortho intramolecular Hbond substituents is 1. The molecule has 25 heavy (non-hydrogen) atoms. The quantitative estimate of drug-likeness (QED) is 0.798. The normalized spacial score (nSPS) is 13.0. The Kier molecular flexibility index (Phi) is 5.66. The molecular weight excluding hydrogens is 327 g/mol. The Balaban J connectivity index is 2.61. The summed E-state index contributed by atoms with van der Waals surface area (Å²) < 4.78 is 0. The van der Waals surface area contributed by atoms with Gasteiger partial charge in [-0.2, -0.15) is 0 Å². The van der Waals surface area contributed by atoms with Crippen LogP contribution in [-0.2, 0) is 17.4 Å². The first-order valence-electron chi connectivity index (χ1n) is 8.79. The summed E-state index contributed by atoms with van der Waals surface area (Å²) in [7, 11) is 0.319. The van der Waals surface area contributed by atoms with Crippen LogP contribution in [0.5, 0.6) is 5.75 Å².